The molecule has 1 rings (SSSR count). The second-order valence-electron chi connectivity index (χ2n) is 4.81. The van der Waals surface area contributed by atoms with E-state index in [1.54, 1.807) is 0 Å². The van der Waals surface area contributed by atoms with Crippen LogP contribution in [0.1, 0.15) is 37.0 Å². The van der Waals surface area contributed by atoms with E-state index < -0.39 is 26.5 Å². The summed E-state index contributed by atoms with van der Waals surface area (Å²) >= 11 is 0. The molecule has 0 saturated carbocycles. The summed E-state index contributed by atoms with van der Waals surface area (Å²) < 4.78 is 37.5. The predicted molar refractivity (Wildman–Crippen MR) is 69.5 cm³/mol. The average Bonchev–Trinajstić information content (AvgIpc) is 2.27. The lowest BCUT2D eigenvalue weighted by Crippen LogP contribution is -2.10. The molecule has 1 aromatic carbocycles. The van der Waals surface area contributed by atoms with E-state index in [1.807, 2.05) is 13.8 Å². The van der Waals surface area contributed by atoms with Crippen LogP contribution in [0, 0.1) is 11.7 Å². The van der Waals surface area contributed by atoms with E-state index in [9.17, 15) is 17.6 Å². The number of hydrogen-bond donors (Lipinski definition) is 1. The van der Waals surface area contributed by atoms with Crippen LogP contribution in [0.2, 0.25) is 0 Å². The number of benzene rings is 1. The Kier molecular flexibility index (Phi) is 5.05. The number of sulfone groups is 1. The minimum absolute atomic E-state index is 0.130. The number of hydrogen-bond acceptors (Lipinski definition) is 3. The zero-order valence-corrected chi connectivity index (χ0v) is 11.7. The first kappa shape index (κ1) is 15.6. The van der Waals surface area contributed by atoms with Gasteiger partial charge in [0.15, 0.2) is 9.84 Å². The van der Waals surface area contributed by atoms with Gasteiger partial charge in [0, 0.05) is 0 Å². The van der Waals surface area contributed by atoms with E-state index in [4.69, 9.17) is 5.11 Å². The lowest BCUT2D eigenvalue weighted by Gasteiger charge is -2.07. The summed E-state index contributed by atoms with van der Waals surface area (Å²) in [6.07, 6.45) is 1.20. The van der Waals surface area contributed by atoms with Gasteiger partial charge >= 0.3 is 5.97 Å². The van der Waals surface area contributed by atoms with Crippen LogP contribution in [-0.4, -0.2) is 25.2 Å². The van der Waals surface area contributed by atoms with Gasteiger partial charge < -0.3 is 5.11 Å². The summed E-state index contributed by atoms with van der Waals surface area (Å²) in [7, 11) is -3.70. The molecule has 1 aromatic rings. The molecular formula is C13H17FO4S. The third-order valence-electron chi connectivity index (χ3n) is 2.71. The van der Waals surface area contributed by atoms with Gasteiger partial charge in [0.25, 0.3) is 0 Å². The summed E-state index contributed by atoms with van der Waals surface area (Å²) in [5.41, 5.74) is -0.265. The molecule has 0 aliphatic heterocycles. The van der Waals surface area contributed by atoms with Crippen LogP contribution < -0.4 is 0 Å². The summed E-state index contributed by atoms with van der Waals surface area (Å²) in [4.78, 5) is 10.2. The Morgan fingerprint density at radius 2 is 2.00 bits per heavy atom. The van der Waals surface area contributed by atoms with Crippen molar-refractivity contribution in [3.63, 3.8) is 0 Å². The van der Waals surface area contributed by atoms with E-state index in [0.29, 0.717) is 12.3 Å². The van der Waals surface area contributed by atoms with Crippen LogP contribution in [0.25, 0.3) is 0 Å². The highest BCUT2D eigenvalue weighted by atomic mass is 32.2. The molecule has 4 nitrogen and oxygen atoms in total. The van der Waals surface area contributed by atoms with Crippen molar-refractivity contribution < 1.29 is 22.7 Å². The maximum Gasteiger partial charge on any atom is 0.335 e. The highest BCUT2D eigenvalue weighted by Crippen LogP contribution is 2.19. The van der Waals surface area contributed by atoms with Gasteiger partial charge in [0.05, 0.1) is 11.3 Å². The first-order chi connectivity index (χ1) is 8.74. The van der Waals surface area contributed by atoms with E-state index in [0.717, 1.165) is 24.6 Å². The van der Waals surface area contributed by atoms with E-state index in [1.165, 1.54) is 0 Å². The van der Waals surface area contributed by atoms with Crippen molar-refractivity contribution in [2.24, 2.45) is 5.92 Å². The van der Waals surface area contributed by atoms with Crippen LogP contribution in [0.4, 0.5) is 4.39 Å². The molecule has 6 heteroatoms. The lowest BCUT2D eigenvalue weighted by atomic mass is 10.1. The molecule has 0 unspecified atom stereocenters. The minimum Gasteiger partial charge on any atom is -0.478 e. The third kappa shape index (κ3) is 4.31. The smallest absolute Gasteiger partial charge is 0.335 e. The Balaban J connectivity index is 2.93. The van der Waals surface area contributed by atoms with E-state index in [2.05, 4.69) is 0 Å². The highest BCUT2D eigenvalue weighted by molar-refractivity contribution is 7.91. The number of carbonyl (C=O) groups is 1. The molecule has 0 aliphatic carbocycles. The molecule has 1 N–H and O–H groups in total. The van der Waals surface area contributed by atoms with Gasteiger partial charge in [-0.05, 0) is 37.0 Å². The highest BCUT2D eigenvalue weighted by Gasteiger charge is 2.20. The van der Waals surface area contributed by atoms with Gasteiger partial charge in [-0.2, -0.15) is 0 Å². The molecular weight excluding hydrogens is 271 g/mol. The maximum absolute atomic E-state index is 13.6. The van der Waals surface area contributed by atoms with Crippen molar-refractivity contribution in [1.82, 2.24) is 0 Å². The van der Waals surface area contributed by atoms with Crippen molar-refractivity contribution in [3.05, 3.63) is 29.6 Å². The Labute approximate surface area is 112 Å². The van der Waals surface area contributed by atoms with Gasteiger partial charge in [0.2, 0.25) is 0 Å². The normalized spacial score (nSPS) is 11.8. The van der Waals surface area contributed by atoms with Gasteiger partial charge in [-0.3, -0.25) is 0 Å². The fourth-order valence-corrected chi connectivity index (χ4v) is 3.08. The van der Waals surface area contributed by atoms with Gasteiger partial charge in [-0.1, -0.05) is 13.8 Å². The summed E-state index contributed by atoms with van der Waals surface area (Å²) in [6.45, 7) is 3.96. The zero-order valence-electron chi connectivity index (χ0n) is 10.9. The largest absolute Gasteiger partial charge is 0.478 e. The van der Waals surface area contributed by atoms with Crippen molar-refractivity contribution >= 4 is 15.8 Å². The van der Waals surface area contributed by atoms with Crippen LogP contribution >= 0.6 is 0 Å². The Morgan fingerprint density at radius 3 is 2.47 bits per heavy atom. The lowest BCUT2D eigenvalue weighted by molar-refractivity contribution is 0.0696. The summed E-state index contributed by atoms with van der Waals surface area (Å²) in [5.74, 6) is -2.05. The standard InChI is InChI=1S/C13H17FO4S/c1-9(2)4-3-7-19(17,18)12-6-5-10(13(15)16)8-11(12)14/h5-6,8-9H,3-4,7H2,1-2H3,(H,15,16). The van der Waals surface area contributed by atoms with Crippen LogP contribution in [0.15, 0.2) is 23.1 Å². The van der Waals surface area contributed by atoms with Crippen LogP contribution in [0.5, 0.6) is 0 Å². The van der Waals surface area contributed by atoms with Crippen molar-refractivity contribution in [2.75, 3.05) is 5.75 Å². The molecule has 0 amide bonds. The molecule has 0 fully saturated rings. The van der Waals surface area contributed by atoms with Crippen molar-refractivity contribution in [1.29, 1.82) is 0 Å². The van der Waals surface area contributed by atoms with Crippen molar-refractivity contribution in [3.8, 4) is 0 Å². The van der Waals surface area contributed by atoms with Gasteiger partial charge in [-0.15, -0.1) is 0 Å². The molecule has 0 spiro atoms. The first-order valence-corrected chi connectivity index (χ1v) is 7.65. The monoisotopic (exact) mass is 288 g/mol. The second kappa shape index (κ2) is 6.14. The molecule has 106 valence electrons. The number of carboxylic acids is 1. The van der Waals surface area contributed by atoms with E-state index >= 15 is 0 Å². The van der Waals surface area contributed by atoms with E-state index in [-0.39, 0.29) is 11.3 Å². The quantitative estimate of drug-likeness (QED) is 0.873. The second-order valence-corrected chi connectivity index (χ2v) is 6.88. The molecule has 0 atom stereocenters. The SMILES string of the molecule is CC(C)CCCS(=O)(=O)c1ccc(C(=O)O)cc1F. The number of rotatable bonds is 6. The van der Waals surface area contributed by atoms with Crippen molar-refractivity contribution in [2.45, 2.75) is 31.6 Å². The Hall–Kier alpha value is -1.43. The molecule has 0 saturated heterocycles. The number of aromatic carboxylic acids is 1. The predicted octanol–water partition coefficient (Wildman–Crippen LogP) is 2.73. The number of carboxylic acid groups (broad SMARTS) is 1. The van der Waals surface area contributed by atoms with Crippen LogP contribution in [-0.2, 0) is 9.84 Å². The molecule has 0 aliphatic rings. The Morgan fingerprint density at radius 1 is 1.37 bits per heavy atom. The number of halogens is 1. The fourth-order valence-electron chi connectivity index (χ4n) is 1.68. The Bertz CT molecular complexity index is 564. The van der Waals surface area contributed by atoms with Gasteiger partial charge in [-0.25, -0.2) is 17.6 Å². The maximum atomic E-state index is 13.6. The minimum atomic E-state index is -3.70. The molecule has 0 heterocycles. The molecule has 0 aromatic heterocycles. The van der Waals surface area contributed by atoms with Gasteiger partial charge in [0.1, 0.15) is 10.7 Å². The summed E-state index contributed by atoms with van der Waals surface area (Å²) in [5, 5.41) is 8.69. The third-order valence-corrected chi connectivity index (χ3v) is 4.54. The average molecular weight is 288 g/mol. The molecule has 0 bridgehead atoms. The zero-order chi connectivity index (χ0) is 14.6. The van der Waals surface area contributed by atoms with Crippen LogP contribution in [0.3, 0.4) is 0 Å². The fraction of sp³-hybridized carbons (Fsp3) is 0.462. The molecule has 19 heavy (non-hydrogen) atoms. The molecule has 0 radical (unpaired) electrons. The summed E-state index contributed by atoms with van der Waals surface area (Å²) in [6, 6.07) is 2.85. The first-order valence-electron chi connectivity index (χ1n) is 5.99. The topological polar surface area (TPSA) is 71.4 Å².